The second kappa shape index (κ2) is 16.8. The van der Waals surface area contributed by atoms with Crippen molar-refractivity contribution in [3.8, 4) is 33.4 Å². The number of benzene rings is 8. The zero-order valence-electron chi connectivity index (χ0n) is 34.6. The lowest BCUT2D eigenvalue weighted by atomic mass is 9.98. The van der Waals surface area contributed by atoms with Crippen LogP contribution < -0.4 is 9.80 Å². The molecule has 0 bridgehead atoms. The van der Waals surface area contributed by atoms with Gasteiger partial charge in [-0.1, -0.05) is 134 Å². The minimum atomic E-state index is 1.05. The summed E-state index contributed by atoms with van der Waals surface area (Å²) in [6, 6.07) is 67.2. The molecule has 0 radical (unpaired) electrons. The molecule has 0 aromatic heterocycles. The predicted octanol–water partition coefficient (Wildman–Crippen LogP) is 16.0. The highest BCUT2D eigenvalue weighted by Crippen LogP contribution is 2.42. The van der Waals surface area contributed by atoms with Gasteiger partial charge >= 0.3 is 0 Å². The normalized spacial score (nSPS) is 11.1. The van der Waals surface area contributed by atoms with Gasteiger partial charge in [0, 0.05) is 34.1 Å². The lowest BCUT2D eigenvalue weighted by Gasteiger charge is -2.28. The van der Waals surface area contributed by atoms with Crippen LogP contribution in [0.3, 0.4) is 0 Å². The van der Waals surface area contributed by atoms with Crippen molar-refractivity contribution in [2.45, 2.75) is 54.4 Å². The molecule has 0 unspecified atom stereocenters. The lowest BCUT2D eigenvalue weighted by molar-refractivity contribution is 1.14. The molecule has 0 aliphatic carbocycles. The van der Waals surface area contributed by atoms with E-state index in [1.165, 1.54) is 66.8 Å². The summed E-state index contributed by atoms with van der Waals surface area (Å²) in [6.07, 6.45) is 2.09. The van der Waals surface area contributed by atoms with Gasteiger partial charge in [0.1, 0.15) is 0 Å². The van der Waals surface area contributed by atoms with Crippen molar-refractivity contribution in [3.05, 3.63) is 215 Å². The Labute approximate surface area is 345 Å². The zero-order chi connectivity index (χ0) is 40.2. The molecule has 0 amide bonds. The van der Waals surface area contributed by atoms with Gasteiger partial charge in [-0.2, -0.15) is 0 Å². The smallest absolute Gasteiger partial charge is 0.0491 e. The third kappa shape index (κ3) is 8.10. The van der Waals surface area contributed by atoms with Crippen LogP contribution in [0.1, 0.15) is 47.2 Å². The molecule has 58 heavy (non-hydrogen) atoms. The quantitative estimate of drug-likeness (QED) is 0.130. The molecule has 0 N–H and O–H groups in total. The molecule has 0 saturated carbocycles. The monoisotopic (exact) mass is 752 g/mol. The van der Waals surface area contributed by atoms with Gasteiger partial charge in [0.05, 0.1) is 0 Å². The van der Waals surface area contributed by atoms with Crippen molar-refractivity contribution in [1.82, 2.24) is 0 Å². The minimum absolute atomic E-state index is 1.05. The van der Waals surface area contributed by atoms with E-state index in [0.717, 1.165) is 47.0 Å². The molecule has 0 heterocycles. The summed E-state index contributed by atoms with van der Waals surface area (Å²) in [5.74, 6) is 0. The average Bonchev–Trinajstić information content (AvgIpc) is 3.27. The maximum Gasteiger partial charge on any atom is 0.0491 e. The highest BCUT2D eigenvalue weighted by Gasteiger charge is 2.18. The summed E-state index contributed by atoms with van der Waals surface area (Å²) >= 11 is 0. The summed E-state index contributed by atoms with van der Waals surface area (Å²) < 4.78 is 0. The van der Waals surface area contributed by atoms with Crippen molar-refractivity contribution in [2.75, 3.05) is 9.80 Å². The number of nitrogens with zero attached hydrogens (tertiary/aromatic N) is 2. The Hall–Kier alpha value is -6.64. The van der Waals surface area contributed by atoms with Crippen LogP contribution in [0.5, 0.6) is 0 Å². The van der Waals surface area contributed by atoms with Gasteiger partial charge in [-0.25, -0.2) is 0 Å². The van der Waals surface area contributed by atoms with E-state index in [0.29, 0.717) is 0 Å². The summed E-state index contributed by atoms with van der Waals surface area (Å²) in [5.41, 5.74) is 21.8. The summed E-state index contributed by atoms with van der Waals surface area (Å²) in [6.45, 7) is 13.1. The highest BCUT2D eigenvalue weighted by atomic mass is 15.1. The maximum atomic E-state index is 2.38. The van der Waals surface area contributed by atoms with Crippen molar-refractivity contribution in [2.24, 2.45) is 0 Å². The third-order valence-electron chi connectivity index (χ3n) is 11.4. The molecule has 286 valence electrons. The van der Waals surface area contributed by atoms with Gasteiger partial charge in [-0.05, 0) is 169 Å². The van der Waals surface area contributed by atoms with Crippen LogP contribution in [-0.4, -0.2) is 0 Å². The van der Waals surface area contributed by atoms with E-state index in [1.54, 1.807) is 0 Å². The first-order valence-corrected chi connectivity index (χ1v) is 20.6. The van der Waals surface area contributed by atoms with Crippen LogP contribution in [0.2, 0.25) is 0 Å². The van der Waals surface area contributed by atoms with Crippen molar-refractivity contribution >= 4 is 34.1 Å². The first-order valence-electron chi connectivity index (χ1n) is 20.6. The fourth-order valence-electron chi connectivity index (χ4n) is 7.89. The van der Waals surface area contributed by atoms with Gasteiger partial charge in [-0.15, -0.1) is 0 Å². The van der Waals surface area contributed by atoms with Crippen molar-refractivity contribution in [3.63, 3.8) is 0 Å². The SMILES string of the molecule is CCc1ccc(-c2ccc(N(c3ccc(C)cc3)c3ccc(-c4ccc(N(c5ccc(C)cc5)c5ccc(-c6ccc(CC)cc6)cc5)c(C)c4)cc3C)cc2)cc1. The Morgan fingerprint density at radius 2 is 0.552 bits per heavy atom. The summed E-state index contributed by atoms with van der Waals surface area (Å²) in [4.78, 5) is 4.75. The van der Waals surface area contributed by atoms with Gasteiger partial charge in [-0.3, -0.25) is 0 Å². The summed E-state index contributed by atoms with van der Waals surface area (Å²) in [7, 11) is 0. The highest BCUT2D eigenvalue weighted by molar-refractivity contribution is 5.84. The minimum Gasteiger partial charge on any atom is -0.310 e. The fourth-order valence-corrected chi connectivity index (χ4v) is 7.89. The lowest BCUT2D eigenvalue weighted by Crippen LogP contribution is -2.12. The zero-order valence-corrected chi connectivity index (χ0v) is 34.6. The van der Waals surface area contributed by atoms with E-state index in [4.69, 9.17) is 0 Å². The number of aryl methyl sites for hydroxylation is 6. The molecule has 0 saturated heterocycles. The van der Waals surface area contributed by atoms with Crippen LogP contribution >= 0.6 is 0 Å². The molecular formula is C56H52N2. The summed E-state index contributed by atoms with van der Waals surface area (Å²) in [5, 5.41) is 0. The molecule has 0 fully saturated rings. The third-order valence-corrected chi connectivity index (χ3v) is 11.4. The molecule has 8 aromatic rings. The average molecular weight is 753 g/mol. The number of hydrogen-bond donors (Lipinski definition) is 0. The molecule has 0 atom stereocenters. The van der Waals surface area contributed by atoms with Crippen molar-refractivity contribution < 1.29 is 0 Å². The first kappa shape index (κ1) is 38.2. The Balaban J connectivity index is 1.11. The molecule has 2 heteroatoms. The van der Waals surface area contributed by atoms with Crippen LogP contribution in [0.25, 0.3) is 33.4 Å². The van der Waals surface area contributed by atoms with Crippen LogP contribution in [0, 0.1) is 27.7 Å². The maximum absolute atomic E-state index is 2.38. The molecule has 0 spiro atoms. The van der Waals surface area contributed by atoms with E-state index in [-0.39, 0.29) is 0 Å². The van der Waals surface area contributed by atoms with E-state index in [9.17, 15) is 0 Å². The van der Waals surface area contributed by atoms with Crippen LogP contribution in [0.4, 0.5) is 34.1 Å². The predicted molar refractivity (Wildman–Crippen MR) is 250 cm³/mol. The second-order valence-corrected chi connectivity index (χ2v) is 15.5. The topological polar surface area (TPSA) is 6.48 Å². The van der Waals surface area contributed by atoms with E-state index < -0.39 is 0 Å². The Morgan fingerprint density at radius 1 is 0.293 bits per heavy atom. The number of rotatable bonds is 11. The van der Waals surface area contributed by atoms with Gasteiger partial charge in [0.15, 0.2) is 0 Å². The standard InChI is InChI=1S/C56H52N2/c1-7-43-13-17-45(18-14-43)47-21-31-53(32-22-47)57(51-27-9-39(3)10-28-51)55-35-25-49(37-41(55)5)50-26-36-56(42(6)38-50)58(52-29-11-40(4)12-30-52)54-33-23-48(24-34-54)46-19-15-44(8-2)16-20-46/h9-38H,7-8H2,1-6H3. The van der Waals surface area contributed by atoms with E-state index >= 15 is 0 Å². The Morgan fingerprint density at radius 3 is 0.828 bits per heavy atom. The Kier molecular flexibility index (Phi) is 11.1. The number of anilines is 6. The van der Waals surface area contributed by atoms with Gasteiger partial charge < -0.3 is 9.80 Å². The van der Waals surface area contributed by atoms with Crippen molar-refractivity contribution in [1.29, 1.82) is 0 Å². The molecule has 8 aromatic carbocycles. The molecular weight excluding hydrogens is 701 g/mol. The molecule has 0 aliphatic heterocycles. The first-order chi connectivity index (χ1) is 28.3. The number of hydrogen-bond acceptors (Lipinski definition) is 2. The molecule has 2 nitrogen and oxygen atoms in total. The van der Waals surface area contributed by atoms with E-state index in [2.05, 4.69) is 233 Å². The largest absolute Gasteiger partial charge is 0.310 e. The van der Waals surface area contributed by atoms with E-state index in [1.807, 2.05) is 0 Å². The van der Waals surface area contributed by atoms with Crippen LogP contribution in [0.15, 0.2) is 182 Å². The van der Waals surface area contributed by atoms with Crippen LogP contribution in [-0.2, 0) is 12.8 Å². The van der Waals surface area contributed by atoms with Gasteiger partial charge in [0.25, 0.3) is 0 Å². The molecule has 8 rings (SSSR count). The Bertz CT molecular complexity index is 2430. The van der Waals surface area contributed by atoms with Gasteiger partial charge in [0.2, 0.25) is 0 Å². The fraction of sp³-hybridized carbons (Fsp3) is 0.143. The molecule has 0 aliphatic rings. The second-order valence-electron chi connectivity index (χ2n) is 15.5.